The fourth-order valence-electron chi connectivity index (χ4n) is 0.258. The van der Waals surface area contributed by atoms with Crippen molar-refractivity contribution in [1.29, 1.82) is 0 Å². The lowest BCUT2D eigenvalue weighted by Crippen LogP contribution is -2.43. The summed E-state index contributed by atoms with van der Waals surface area (Å²) in [7, 11) is 2.95. The van der Waals surface area contributed by atoms with E-state index < -0.39 is 9.74 Å². The minimum atomic E-state index is -0.430. The van der Waals surface area contributed by atoms with Crippen molar-refractivity contribution in [3.8, 4) is 0 Å². The Morgan fingerprint density at radius 3 is 1.33 bits per heavy atom. The van der Waals surface area contributed by atoms with E-state index >= 15 is 0 Å². The van der Waals surface area contributed by atoms with Crippen LogP contribution in [0.3, 0.4) is 0 Å². The fraction of sp³-hybridized carbons (Fsp3) is 1.00. The van der Waals surface area contributed by atoms with E-state index in [0.29, 0.717) is 13.1 Å². The van der Waals surface area contributed by atoms with Crippen LogP contribution in [0.1, 0.15) is 13.8 Å². The first-order chi connectivity index (χ1) is 5.33. The average Bonchev–Trinajstić information content (AvgIpc) is 2.02. The topological polar surface area (TPSA) is 104 Å². The van der Waals surface area contributed by atoms with Crippen LogP contribution >= 0.6 is 21.6 Å². The maximum atomic E-state index is 5.80. The number of rotatable bonds is 5. The Labute approximate surface area is 81.6 Å². The zero-order valence-electron chi connectivity index (χ0n) is 7.54. The van der Waals surface area contributed by atoms with Crippen LogP contribution in [0.4, 0.5) is 0 Å². The highest BCUT2D eigenvalue weighted by Crippen LogP contribution is 2.37. The third kappa shape index (κ3) is 5.23. The fourth-order valence-corrected chi connectivity index (χ4v) is 2.33. The van der Waals surface area contributed by atoms with Gasteiger partial charge in [-0.25, -0.2) is 0 Å². The van der Waals surface area contributed by atoms with Gasteiger partial charge in [0.05, 0.1) is 9.74 Å². The van der Waals surface area contributed by atoms with E-state index in [1.807, 2.05) is 13.8 Å². The molecule has 0 amide bonds. The molecule has 0 aliphatic carbocycles. The summed E-state index contributed by atoms with van der Waals surface area (Å²) in [6, 6.07) is 0. The van der Waals surface area contributed by atoms with Crippen LogP contribution in [0.5, 0.6) is 0 Å². The average molecular weight is 210 g/mol. The molecule has 0 saturated carbocycles. The van der Waals surface area contributed by atoms with Crippen molar-refractivity contribution in [3.63, 3.8) is 0 Å². The molecule has 0 rings (SSSR count). The highest BCUT2D eigenvalue weighted by atomic mass is 33.1. The van der Waals surface area contributed by atoms with Gasteiger partial charge in [-0.05, 0) is 13.8 Å². The Morgan fingerprint density at radius 2 is 1.17 bits per heavy atom. The second-order valence-corrected chi connectivity index (χ2v) is 6.40. The molecule has 2 atom stereocenters. The number of hydrogen-bond acceptors (Lipinski definition) is 6. The molecular weight excluding hydrogens is 192 g/mol. The van der Waals surface area contributed by atoms with Gasteiger partial charge in [-0.15, -0.1) is 0 Å². The van der Waals surface area contributed by atoms with Gasteiger partial charge in [0.15, 0.2) is 0 Å². The van der Waals surface area contributed by atoms with E-state index in [9.17, 15) is 0 Å². The van der Waals surface area contributed by atoms with Crippen molar-refractivity contribution in [3.05, 3.63) is 0 Å². The summed E-state index contributed by atoms with van der Waals surface area (Å²) >= 11 is 0. The Balaban J connectivity index is 3.82. The molecule has 0 aromatic rings. The summed E-state index contributed by atoms with van der Waals surface area (Å²) in [5.74, 6) is 0. The highest BCUT2D eigenvalue weighted by molar-refractivity contribution is 8.77. The molecule has 12 heavy (non-hydrogen) atoms. The van der Waals surface area contributed by atoms with Gasteiger partial charge in [0, 0.05) is 13.1 Å². The third-order valence-corrected chi connectivity index (χ3v) is 4.95. The van der Waals surface area contributed by atoms with Gasteiger partial charge in [0.2, 0.25) is 0 Å². The van der Waals surface area contributed by atoms with E-state index in [-0.39, 0.29) is 0 Å². The van der Waals surface area contributed by atoms with E-state index in [4.69, 9.17) is 22.9 Å². The maximum Gasteiger partial charge on any atom is 0.0819 e. The summed E-state index contributed by atoms with van der Waals surface area (Å²) in [5, 5.41) is 0. The number of nitrogens with two attached hydrogens (primary N) is 4. The SMILES string of the molecule is CC(N)(CN)SSC(C)(N)CN. The maximum absolute atomic E-state index is 5.80. The minimum Gasteiger partial charge on any atom is -0.328 e. The van der Waals surface area contributed by atoms with E-state index in [1.165, 1.54) is 21.6 Å². The van der Waals surface area contributed by atoms with Crippen LogP contribution < -0.4 is 22.9 Å². The molecule has 6 heteroatoms. The van der Waals surface area contributed by atoms with Gasteiger partial charge in [-0.2, -0.15) is 0 Å². The second-order valence-electron chi connectivity index (χ2n) is 3.20. The summed E-state index contributed by atoms with van der Waals surface area (Å²) in [6.07, 6.45) is 0. The molecule has 4 nitrogen and oxygen atoms in total. The molecule has 0 spiro atoms. The standard InChI is InChI=1S/C6H18N4S2/c1-5(9,3-7)11-12-6(2,10)4-8/h3-4,7-10H2,1-2H3. The van der Waals surface area contributed by atoms with Crippen molar-refractivity contribution < 1.29 is 0 Å². The lowest BCUT2D eigenvalue weighted by molar-refractivity contribution is 0.684. The largest absolute Gasteiger partial charge is 0.328 e. The lowest BCUT2D eigenvalue weighted by atomic mass is 10.4. The minimum absolute atomic E-state index is 0.422. The summed E-state index contributed by atoms with van der Waals surface area (Å²) in [4.78, 5) is -0.860. The molecule has 2 unspecified atom stereocenters. The predicted octanol–water partition coefficient (Wildman–Crippen LogP) is -0.365. The molecule has 0 heterocycles. The molecule has 0 aromatic carbocycles. The Kier molecular flexibility index (Phi) is 4.90. The Morgan fingerprint density at radius 1 is 0.917 bits per heavy atom. The summed E-state index contributed by atoms with van der Waals surface area (Å²) in [6.45, 7) is 4.59. The van der Waals surface area contributed by atoms with Crippen LogP contribution in [0.25, 0.3) is 0 Å². The first-order valence-corrected chi connectivity index (χ1v) is 5.83. The van der Waals surface area contributed by atoms with Crippen molar-refractivity contribution in [2.24, 2.45) is 22.9 Å². The van der Waals surface area contributed by atoms with Crippen LogP contribution in [-0.2, 0) is 0 Å². The monoisotopic (exact) mass is 210 g/mol. The van der Waals surface area contributed by atoms with Crippen LogP contribution in [0.15, 0.2) is 0 Å². The van der Waals surface area contributed by atoms with E-state index in [1.54, 1.807) is 0 Å². The molecule has 0 radical (unpaired) electrons. The molecule has 0 bridgehead atoms. The van der Waals surface area contributed by atoms with Crippen LogP contribution in [0.2, 0.25) is 0 Å². The highest BCUT2D eigenvalue weighted by Gasteiger charge is 2.24. The zero-order valence-corrected chi connectivity index (χ0v) is 9.17. The first-order valence-electron chi connectivity index (χ1n) is 3.68. The zero-order chi connectivity index (χ0) is 9.83. The molecule has 0 aromatic heterocycles. The van der Waals surface area contributed by atoms with Gasteiger partial charge in [-0.1, -0.05) is 21.6 Å². The molecule has 0 aliphatic rings. The van der Waals surface area contributed by atoms with E-state index in [0.717, 1.165) is 0 Å². The lowest BCUT2D eigenvalue weighted by Gasteiger charge is -2.27. The quantitative estimate of drug-likeness (QED) is 0.365. The molecular formula is C6H18N4S2. The van der Waals surface area contributed by atoms with Gasteiger partial charge < -0.3 is 22.9 Å². The number of hydrogen-bond donors (Lipinski definition) is 4. The summed E-state index contributed by atoms with van der Waals surface area (Å²) in [5.41, 5.74) is 22.5. The van der Waals surface area contributed by atoms with Crippen LogP contribution in [-0.4, -0.2) is 22.8 Å². The van der Waals surface area contributed by atoms with E-state index in [2.05, 4.69) is 0 Å². The van der Waals surface area contributed by atoms with Crippen molar-refractivity contribution in [2.45, 2.75) is 23.6 Å². The molecule has 0 fully saturated rings. The van der Waals surface area contributed by atoms with Crippen molar-refractivity contribution in [1.82, 2.24) is 0 Å². The molecule has 0 saturated heterocycles. The van der Waals surface area contributed by atoms with Crippen LogP contribution in [0, 0.1) is 0 Å². The first kappa shape index (κ1) is 12.5. The molecule has 0 aliphatic heterocycles. The third-order valence-electron chi connectivity index (χ3n) is 1.23. The normalized spacial score (nSPS) is 21.5. The smallest absolute Gasteiger partial charge is 0.0819 e. The predicted molar refractivity (Wildman–Crippen MR) is 58.5 cm³/mol. The van der Waals surface area contributed by atoms with Gasteiger partial charge in [-0.3, -0.25) is 0 Å². The summed E-state index contributed by atoms with van der Waals surface area (Å²) < 4.78 is 0. The van der Waals surface area contributed by atoms with Gasteiger partial charge >= 0.3 is 0 Å². The molecule has 8 N–H and O–H groups in total. The van der Waals surface area contributed by atoms with Crippen molar-refractivity contribution in [2.75, 3.05) is 13.1 Å². The molecule has 74 valence electrons. The second kappa shape index (κ2) is 4.69. The Hall–Kier alpha value is 0.540. The van der Waals surface area contributed by atoms with Gasteiger partial charge in [0.1, 0.15) is 0 Å². The van der Waals surface area contributed by atoms with Crippen molar-refractivity contribution >= 4 is 21.6 Å². The van der Waals surface area contributed by atoms with Gasteiger partial charge in [0.25, 0.3) is 0 Å². The Bertz CT molecular complexity index is 122.